The van der Waals surface area contributed by atoms with Gasteiger partial charge >= 0.3 is 11.9 Å². The van der Waals surface area contributed by atoms with Crippen molar-refractivity contribution in [3.63, 3.8) is 0 Å². The molecule has 6 N–H and O–H groups in total. The molecule has 3 heterocycles. The zero-order chi connectivity index (χ0) is 21.7. The number of nitrogens with zero attached hydrogens (tertiary/aromatic N) is 1. The van der Waals surface area contributed by atoms with Crippen molar-refractivity contribution in [3.05, 3.63) is 34.4 Å². The van der Waals surface area contributed by atoms with Gasteiger partial charge in [0.2, 0.25) is 11.5 Å². The van der Waals surface area contributed by atoms with E-state index < -0.39 is 65.6 Å². The molecule has 0 saturated carbocycles. The lowest BCUT2D eigenvalue weighted by atomic mass is 9.89. The minimum atomic E-state index is -2.06. The van der Waals surface area contributed by atoms with Crippen LogP contribution in [0.25, 0.3) is 0 Å². The van der Waals surface area contributed by atoms with Crippen molar-refractivity contribution in [3.8, 4) is 0 Å². The number of aliphatic hydroxyl groups excluding tert-OH is 3. The summed E-state index contributed by atoms with van der Waals surface area (Å²) in [7, 11) is 0. The van der Waals surface area contributed by atoms with Gasteiger partial charge in [-0.3, -0.25) is 15.4 Å². The van der Waals surface area contributed by atoms with Crippen molar-refractivity contribution in [2.75, 3.05) is 6.61 Å². The van der Waals surface area contributed by atoms with Crippen LogP contribution in [0.1, 0.15) is 37.1 Å². The van der Waals surface area contributed by atoms with E-state index >= 15 is 0 Å². The summed E-state index contributed by atoms with van der Waals surface area (Å²) in [6, 6.07) is -0.915. The van der Waals surface area contributed by atoms with Crippen LogP contribution < -0.4 is 16.9 Å². The molecule has 0 spiro atoms. The molecule has 29 heavy (non-hydrogen) atoms. The summed E-state index contributed by atoms with van der Waals surface area (Å²) in [5, 5.41) is 31.4. The number of hydrogen-bond donors (Lipinski definition) is 5. The maximum Gasteiger partial charge on any atom is 0.519 e. The Labute approximate surface area is 164 Å². The van der Waals surface area contributed by atoms with Crippen LogP contribution in [0.4, 0.5) is 4.79 Å². The zero-order valence-corrected chi connectivity index (χ0v) is 16.0. The van der Waals surface area contributed by atoms with Crippen molar-refractivity contribution in [2.45, 2.75) is 56.4 Å². The first-order chi connectivity index (χ1) is 13.4. The third kappa shape index (κ3) is 3.60. The van der Waals surface area contributed by atoms with Crippen LogP contribution in [0.3, 0.4) is 0 Å². The van der Waals surface area contributed by atoms with Crippen LogP contribution in [0, 0.1) is 0 Å². The number of carbonyl (C=O) groups is 2. The molecule has 2 aliphatic rings. The highest BCUT2D eigenvalue weighted by Crippen LogP contribution is 2.29. The highest BCUT2D eigenvalue weighted by molar-refractivity contribution is 6.05. The van der Waals surface area contributed by atoms with Gasteiger partial charge in [0.1, 0.15) is 18.3 Å². The van der Waals surface area contributed by atoms with Gasteiger partial charge in [0.15, 0.2) is 17.7 Å². The van der Waals surface area contributed by atoms with Gasteiger partial charge in [-0.25, -0.2) is 9.59 Å². The molecule has 12 heteroatoms. The number of ketones is 1. The standard InChI is InChI=1S/C17H23N3O9/c1-16(2,3)12-10(28-15(26)29-12)11(24)17(18)4-5-20(14(25)19-17)13-9(23)8(22)7(6-21)27-13/h4-5,7-9,13,21-23H,6,18H2,1-3H3,(H,19,25)/t7-,8-,9-,13-,17?/m1/s1. The highest BCUT2D eigenvalue weighted by Gasteiger charge is 2.50. The molecule has 0 radical (unpaired) electrons. The van der Waals surface area contributed by atoms with E-state index in [-0.39, 0.29) is 5.76 Å². The van der Waals surface area contributed by atoms with Gasteiger partial charge in [-0.2, -0.15) is 0 Å². The van der Waals surface area contributed by atoms with Crippen LogP contribution in [0.15, 0.2) is 25.9 Å². The second-order valence-electron chi connectivity index (χ2n) is 7.94. The summed E-state index contributed by atoms with van der Waals surface area (Å²) in [5.41, 5.74) is 3.22. The fourth-order valence-corrected chi connectivity index (χ4v) is 3.10. The first kappa shape index (κ1) is 21.2. The molecule has 2 aliphatic heterocycles. The van der Waals surface area contributed by atoms with E-state index in [2.05, 4.69) is 5.32 Å². The van der Waals surface area contributed by atoms with Gasteiger partial charge in [-0.15, -0.1) is 0 Å². The van der Waals surface area contributed by atoms with E-state index in [1.54, 1.807) is 20.8 Å². The average molecular weight is 413 g/mol. The monoisotopic (exact) mass is 413 g/mol. The normalized spacial score (nSPS) is 32.5. The predicted molar refractivity (Wildman–Crippen MR) is 94.5 cm³/mol. The number of urea groups is 1. The van der Waals surface area contributed by atoms with Crippen molar-refractivity contribution >= 4 is 11.8 Å². The summed E-state index contributed by atoms with van der Waals surface area (Å²) >= 11 is 0. The summed E-state index contributed by atoms with van der Waals surface area (Å²) in [5.74, 6) is -2.44. The number of ether oxygens (including phenoxy) is 1. The second kappa shape index (κ2) is 7.07. The van der Waals surface area contributed by atoms with Crippen LogP contribution in [-0.2, 0) is 10.2 Å². The molecule has 0 bridgehead atoms. The van der Waals surface area contributed by atoms with Gasteiger partial charge in [-0.1, -0.05) is 20.8 Å². The smallest absolute Gasteiger partial charge is 0.395 e. The molecule has 1 aromatic heterocycles. The molecule has 3 rings (SSSR count). The van der Waals surface area contributed by atoms with Gasteiger partial charge in [0.25, 0.3) is 0 Å². The maximum absolute atomic E-state index is 12.9. The Bertz CT molecular complexity index is 899. The molecule has 5 atom stereocenters. The fourth-order valence-electron chi connectivity index (χ4n) is 3.10. The minimum absolute atomic E-state index is 0.0224. The molecule has 2 amide bonds. The minimum Gasteiger partial charge on any atom is -0.395 e. The number of nitrogens with two attached hydrogens (primary N) is 1. The number of carbonyl (C=O) groups excluding carboxylic acids is 2. The summed E-state index contributed by atoms with van der Waals surface area (Å²) in [6.45, 7) is 4.51. The van der Waals surface area contributed by atoms with Crippen LogP contribution in [0.5, 0.6) is 0 Å². The summed E-state index contributed by atoms with van der Waals surface area (Å²) in [4.78, 5) is 37.9. The Morgan fingerprint density at radius 2 is 1.93 bits per heavy atom. The molecular formula is C17H23N3O9. The van der Waals surface area contributed by atoms with Crippen LogP contribution in [0.2, 0.25) is 0 Å². The molecule has 1 unspecified atom stereocenters. The average Bonchev–Trinajstić information content (AvgIpc) is 3.15. The van der Waals surface area contributed by atoms with Gasteiger partial charge < -0.3 is 34.2 Å². The number of aliphatic hydroxyl groups is 3. The van der Waals surface area contributed by atoms with Crippen molar-refractivity contribution in [1.82, 2.24) is 10.2 Å². The predicted octanol–water partition coefficient (Wildman–Crippen LogP) is -1.65. The Hall–Kier alpha value is -2.51. The first-order valence-electron chi connectivity index (χ1n) is 8.79. The quantitative estimate of drug-likeness (QED) is 0.357. The molecular weight excluding hydrogens is 390 g/mol. The van der Waals surface area contributed by atoms with Gasteiger partial charge in [-0.05, 0) is 6.08 Å². The Morgan fingerprint density at radius 1 is 1.28 bits per heavy atom. The van der Waals surface area contributed by atoms with E-state index in [0.29, 0.717) is 0 Å². The Kier molecular flexibility index (Phi) is 5.17. The number of hydrogen-bond acceptors (Lipinski definition) is 10. The van der Waals surface area contributed by atoms with Crippen molar-refractivity contribution in [2.24, 2.45) is 5.73 Å². The SMILES string of the molecule is CC(C)(C)c1oc(=O)oc1C(=O)C1(N)C=CN([C@@H]2O[C@H](CO)[C@@H](O)[C@H]2O)C(=O)N1. The first-order valence-corrected chi connectivity index (χ1v) is 8.79. The van der Waals surface area contributed by atoms with Crippen molar-refractivity contribution < 1.29 is 38.5 Å². The lowest BCUT2D eigenvalue weighted by Crippen LogP contribution is -2.66. The summed E-state index contributed by atoms with van der Waals surface area (Å²) < 4.78 is 15.1. The van der Waals surface area contributed by atoms with E-state index in [1.807, 2.05) is 0 Å². The lowest BCUT2D eigenvalue weighted by molar-refractivity contribution is -0.0666. The highest BCUT2D eigenvalue weighted by atomic mass is 16.6. The lowest BCUT2D eigenvalue weighted by Gasteiger charge is -2.36. The Morgan fingerprint density at radius 3 is 2.45 bits per heavy atom. The molecule has 160 valence electrons. The molecule has 0 aliphatic carbocycles. The van der Waals surface area contributed by atoms with Gasteiger partial charge in [0, 0.05) is 11.6 Å². The maximum atomic E-state index is 12.9. The van der Waals surface area contributed by atoms with E-state index in [0.717, 1.165) is 17.2 Å². The Balaban J connectivity index is 1.89. The van der Waals surface area contributed by atoms with Crippen LogP contribution in [-0.4, -0.2) is 68.8 Å². The number of nitrogens with one attached hydrogen (secondary N) is 1. The number of Topliss-reactive ketones (excluding diaryl/α,β-unsaturated/α-hetero) is 1. The van der Waals surface area contributed by atoms with E-state index in [9.17, 15) is 24.6 Å². The summed E-state index contributed by atoms with van der Waals surface area (Å²) in [6.07, 6.45) is -3.08. The number of rotatable bonds is 4. The molecule has 0 aromatic carbocycles. The van der Waals surface area contributed by atoms with Gasteiger partial charge in [0.05, 0.1) is 6.61 Å². The van der Waals surface area contributed by atoms with Crippen LogP contribution >= 0.6 is 0 Å². The largest absolute Gasteiger partial charge is 0.519 e. The molecule has 1 saturated heterocycles. The fraction of sp³-hybridized carbons (Fsp3) is 0.588. The molecule has 12 nitrogen and oxygen atoms in total. The zero-order valence-electron chi connectivity index (χ0n) is 16.0. The molecule has 1 aromatic rings. The van der Waals surface area contributed by atoms with E-state index in [4.69, 9.17) is 24.4 Å². The third-order valence-corrected chi connectivity index (χ3v) is 4.68. The van der Waals surface area contributed by atoms with Crippen molar-refractivity contribution in [1.29, 1.82) is 0 Å². The molecule has 1 fully saturated rings. The number of amides is 2. The van der Waals surface area contributed by atoms with E-state index in [1.165, 1.54) is 0 Å². The third-order valence-electron chi connectivity index (χ3n) is 4.68. The second-order valence-corrected chi connectivity index (χ2v) is 7.94. The topological polar surface area (TPSA) is 189 Å².